The van der Waals surface area contributed by atoms with Crippen LogP contribution in [-0.2, 0) is 6.54 Å². The maximum atomic E-state index is 13.0. The fourth-order valence-electron chi connectivity index (χ4n) is 2.26. The minimum absolute atomic E-state index is 0.160. The third-order valence-electron chi connectivity index (χ3n) is 3.23. The van der Waals surface area contributed by atoms with E-state index < -0.39 is 0 Å². The van der Waals surface area contributed by atoms with Crippen LogP contribution >= 0.6 is 11.6 Å². The van der Waals surface area contributed by atoms with Crippen LogP contribution in [0.15, 0.2) is 18.2 Å². The van der Waals surface area contributed by atoms with Crippen LogP contribution in [-0.4, -0.2) is 17.3 Å². The fourth-order valence-corrected chi connectivity index (χ4v) is 2.46. The highest BCUT2D eigenvalue weighted by molar-refractivity contribution is 6.30. The maximum absolute atomic E-state index is 13.0. The van der Waals surface area contributed by atoms with E-state index in [-0.39, 0.29) is 16.9 Å². The molecule has 0 bridgehead atoms. The van der Waals surface area contributed by atoms with Crippen LogP contribution in [0.5, 0.6) is 0 Å². The largest absolute Gasteiger partial charge is 0.393 e. The summed E-state index contributed by atoms with van der Waals surface area (Å²) in [5.74, 6) is -0.386. The van der Waals surface area contributed by atoms with Gasteiger partial charge < -0.3 is 10.4 Å². The summed E-state index contributed by atoms with van der Waals surface area (Å²) in [6.07, 6.45) is 3.67. The molecule has 0 radical (unpaired) electrons. The van der Waals surface area contributed by atoms with Gasteiger partial charge >= 0.3 is 0 Å². The van der Waals surface area contributed by atoms with Crippen molar-refractivity contribution < 1.29 is 9.50 Å². The van der Waals surface area contributed by atoms with E-state index in [0.717, 1.165) is 31.2 Å². The van der Waals surface area contributed by atoms with Gasteiger partial charge in [0.15, 0.2) is 0 Å². The van der Waals surface area contributed by atoms with E-state index in [1.54, 1.807) is 12.1 Å². The van der Waals surface area contributed by atoms with E-state index in [9.17, 15) is 9.50 Å². The lowest BCUT2D eigenvalue weighted by molar-refractivity contribution is 0.111. The van der Waals surface area contributed by atoms with Crippen molar-refractivity contribution in [3.63, 3.8) is 0 Å². The maximum Gasteiger partial charge on any atom is 0.141 e. The summed E-state index contributed by atoms with van der Waals surface area (Å²) in [5.41, 5.74) is 0.969. The van der Waals surface area contributed by atoms with Crippen LogP contribution in [0.1, 0.15) is 31.2 Å². The Morgan fingerprint density at radius 3 is 2.94 bits per heavy atom. The predicted octanol–water partition coefficient (Wildman–Crippen LogP) is 2.87. The topological polar surface area (TPSA) is 32.3 Å². The highest BCUT2D eigenvalue weighted by Gasteiger charge is 2.19. The van der Waals surface area contributed by atoms with E-state index in [2.05, 4.69) is 5.32 Å². The smallest absolute Gasteiger partial charge is 0.141 e. The molecule has 17 heavy (non-hydrogen) atoms. The number of aliphatic hydroxyl groups excluding tert-OH is 1. The van der Waals surface area contributed by atoms with Gasteiger partial charge in [-0.2, -0.15) is 0 Å². The molecule has 1 aliphatic carbocycles. The van der Waals surface area contributed by atoms with Gasteiger partial charge in [-0.15, -0.1) is 0 Å². The quantitative estimate of drug-likeness (QED) is 0.873. The van der Waals surface area contributed by atoms with Crippen LogP contribution in [0.4, 0.5) is 4.39 Å². The van der Waals surface area contributed by atoms with E-state index in [4.69, 9.17) is 11.6 Å². The summed E-state index contributed by atoms with van der Waals surface area (Å²) < 4.78 is 13.0. The lowest BCUT2D eigenvalue weighted by atomic mass is 9.93. The Balaban J connectivity index is 1.86. The molecule has 94 valence electrons. The molecule has 1 fully saturated rings. The number of aliphatic hydroxyl groups is 1. The van der Waals surface area contributed by atoms with Crippen molar-refractivity contribution in [3.8, 4) is 0 Å². The number of hydrogen-bond donors (Lipinski definition) is 2. The molecule has 2 N–H and O–H groups in total. The third kappa shape index (κ3) is 3.66. The zero-order chi connectivity index (χ0) is 12.3. The molecule has 0 spiro atoms. The van der Waals surface area contributed by atoms with Crippen LogP contribution in [0.2, 0.25) is 5.02 Å². The molecule has 2 unspecified atom stereocenters. The highest BCUT2D eigenvalue weighted by atomic mass is 35.5. The van der Waals surface area contributed by atoms with Gasteiger partial charge in [0.25, 0.3) is 0 Å². The first-order valence-electron chi connectivity index (χ1n) is 6.00. The zero-order valence-electron chi connectivity index (χ0n) is 9.63. The van der Waals surface area contributed by atoms with Gasteiger partial charge in [-0.05, 0) is 43.4 Å². The predicted molar refractivity (Wildman–Crippen MR) is 66.5 cm³/mol. The standard InChI is InChI=1S/C13H17ClFNO/c14-12-6-9(4-5-13(12)15)8-16-10-2-1-3-11(17)7-10/h4-6,10-11,16-17H,1-3,7-8H2. The number of hydrogen-bond acceptors (Lipinski definition) is 2. The monoisotopic (exact) mass is 257 g/mol. The van der Waals surface area contributed by atoms with Gasteiger partial charge in [0.2, 0.25) is 0 Å². The molecule has 2 atom stereocenters. The van der Waals surface area contributed by atoms with Crippen LogP contribution in [0.25, 0.3) is 0 Å². The zero-order valence-corrected chi connectivity index (χ0v) is 10.4. The molecule has 0 aromatic heterocycles. The Morgan fingerprint density at radius 1 is 1.41 bits per heavy atom. The van der Waals surface area contributed by atoms with E-state index in [1.165, 1.54) is 6.07 Å². The Morgan fingerprint density at radius 2 is 2.24 bits per heavy atom. The summed E-state index contributed by atoms with van der Waals surface area (Å²) in [7, 11) is 0. The first-order valence-corrected chi connectivity index (χ1v) is 6.38. The second kappa shape index (κ2) is 5.80. The molecule has 2 nitrogen and oxygen atoms in total. The van der Waals surface area contributed by atoms with Crippen LogP contribution in [0, 0.1) is 5.82 Å². The van der Waals surface area contributed by atoms with Crippen molar-refractivity contribution in [2.45, 2.75) is 44.4 Å². The molecule has 4 heteroatoms. The second-order valence-electron chi connectivity index (χ2n) is 4.65. The van der Waals surface area contributed by atoms with Crippen molar-refractivity contribution in [1.82, 2.24) is 5.32 Å². The molecule has 0 heterocycles. The average molecular weight is 258 g/mol. The first kappa shape index (κ1) is 12.8. The Labute approximate surface area is 106 Å². The summed E-state index contributed by atoms with van der Waals surface area (Å²) in [4.78, 5) is 0. The van der Waals surface area contributed by atoms with Gasteiger partial charge in [0.1, 0.15) is 5.82 Å². The van der Waals surface area contributed by atoms with Gasteiger partial charge in [-0.1, -0.05) is 17.7 Å². The molecular formula is C13H17ClFNO. The Kier molecular flexibility index (Phi) is 4.37. The SMILES string of the molecule is OC1CCCC(NCc2ccc(F)c(Cl)c2)C1. The average Bonchev–Trinajstić information content (AvgIpc) is 2.31. The molecule has 0 amide bonds. The van der Waals surface area contributed by atoms with Crippen molar-refractivity contribution >= 4 is 11.6 Å². The molecule has 1 saturated carbocycles. The van der Waals surface area contributed by atoms with Gasteiger partial charge in [-0.3, -0.25) is 0 Å². The molecule has 1 aromatic carbocycles. The summed E-state index contributed by atoms with van der Waals surface area (Å²) >= 11 is 5.72. The minimum Gasteiger partial charge on any atom is -0.393 e. The lowest BCUT2D eigenvalue weighted by Crippen LogP contribution is -2.35. The van der Waals surface area contributed by atoms with Crippen LogP contribution < -0.4 is 5.32 Å². The van der Waals surface area contributed by atoms with Crippen molar-refractivity contribution in [3.05, 3.63) is 34.6 Å². The number of benzene rings is 1. The van der Waals surface area contributed by atoms with Gasteiger partial charge in [-0.25, -0.2) is 4.39 Å². The summed E-state index contributed by atoms with van der Waals surface area (Å²) in [6, 6.07) is 5.11. The van der Waals surface area contributed by atoms with Crippen LogP contribution in [0.3, 0.4) is 0 Å². The molecule has 0 aliphatic heterocycles. The van der Waals surface area contributed by atoms with E-state index in [1.807, 2.05) is 0 Å². The second-order valence-corrected chi connectivity index (χ2v) is 5.05. The first-order chi connectivity index (χ1) is 8.15. The van der Waals surface area contributed by atoms with Crippen molar-refractivity contribution in [2.24, 2.45) is 0 Å². The Bertz CT molecular complexity index is 386. The summed E-state index contributed by atoms with van der Waals surface area (Å²) in [5, 5.41) is 13.1. The normalized spacial score (nSPS) is 24.9. The number of nitrogens with one attached hydrogen (secondary N) is 1. The fraction of sp³-hybridized carbons (Fsp3) is 0.538. The van der Waals surface area contributed by atoms with E-state index >= 15 is 0 Å². The molecular weight excluding hydrogens is 241 g/mol. The van der Waals surface area contributed by atoms with Gasteiger partial charge in [0, 0.05) is 12.6 Å². The van der Waals surface area contributed by atoms with Crippen molar-refractivity contribution in [1.29, 1.82) is 0 Å². The van der Waals surface area contributed by atoms with Gasteiger partial charge in [0.05, 0.1) is 11.1 Å². The van der Waals surface area contributed by atoms with E-state index in [0.29, 0.717) is 12.6 Å². The molecule has 1 aliphatic rings. The third-order valence-corrected chi connectivity index (χ3v) is 3.52. The number of rotatable bonds is 3. The number of halogens is 2. The van der Waals surface area contributed by atoms with Crippen molar-refractivity contribution in [2.75, 3.05) is 0 Å². The molecule has 0 saturated heterocycles. The Hall–Kier alpha value is -0.640. The molecule has 2 rings (SSSR count). The minimum atomic E-state index is -0.386. The molecule has 1 aromatic rings. The highest BCUT2D eigenvalue weighted by Crippen LogP contribution is 2.20. The lowest BCUT2D eigenvalue weighted by Gasteiger charge is -2.26. The summed E-state index contributed by atoms with van der Waals surface area (Å²) in [6.45, 7) is 0.664.